The molecule has 52 heavy (non-hydrogen) atoms. The number of hydrogen-bond donors (Lipinski definition) is 0. The fourth-order valence-corrected chi connectivity index (χ4v) is 8.79. The second kappa shape index (κ2) is 11.8. The molecular weight excluding hydrogens is 627 g/mol. The molecule has 0 saturated heterocycles. The largest absolute Gasteiger partial charge is 0.310 e. The van der Waals surface area contributed by atoms with Crippen molar-refractivity contribution in [2.24, 2.45) is 0 Å². The quantitative estimate of drug-likeness (QED) is 0.166. The Balaban J connectivity index is 1.15. The Labute approximate surface area is 305 Å². The number of para-hydroxylation sites is 1. The van der Waals surface area contributed by atoms with Crippen molar-refractivity contribution in [3.8, 4) is 33.4 Å². The van der Waals surface area contributed by atoms with Gasteiger partial charge in [-0.05, 0) is 108 Å². The minimum absolute atomic E-state index is 0.0606. The summed E-state index contributed by atoms with van der Waals surface area (Å²) >= 11 is 0. The Morgan fingerprint density at radius 1 is 0.365 bits per heavy atom. The highest BCUT2D eigenvalue weighted by Crippen LogP contribution is 2.51. The number of anilines is 3. The summed E-state index contributed by atoms with van der Waals surface area (Å²) < 4.78 is 0. The van der Waals surface area contributed by atoms with Crippen LogP contribution in [-0.2, 0) is 5.41 Å². The van der Waals surface area contributed by atoms with Crippen molar-refractivity contribution < 1.29 is 0 Å². The Morgan fingerprint density at radius 2 is 0.865 bits per heavy atom. The van der Waals surface area contributed by atoms with Crippen LogP contribution in [0.1, 0.15) is 25.0 Å². The summed E-state index contributed by atoms with van der Waals surface area (Å²) in [7, 11) is 0. The van der Waals surface area contributed by atoms with Gasteiger partial charge in [-0.2, -0.15) is 0 Å². The van der Waals surface area contributed by atoms with E-state index in [1.54, 1.807) is 0 Å². The van der Waals surface area contributed by atoms with Crippen molar-refractivity contribution in [1.29, 1.82) is 0 Å². The molecule has 0 radical (unpaired) electrons. The Morgan fingerprint density at radius 3 is 1.56 bits per heavy atom. The number of benzene rings is 9. The van der Waals surface area contributed by atoms with E-state index in [0.29, 0.717) is 0 Å². The van der Waals surface area contributed by atoms with Gasteiger partial charge < -0.3 is 4.90 Å². The van der Waals surface area contributed by atoms with Crippen molar-refractivity contribution in [3.05, 3.63) is 199 Å². The van der Waals surface area contributed by atoms with Crippen molar-refractivity contribution in [2.75, 3.05) is 4.90 Å². The van der Waals surface area contributed by atoms with E-state index >= 15 is 0 Å². The lowest BCUT2D eigenvalue weighted by atomic mass is 9.80. The summed E-state index contributed by atoms with van der Waals surface area (Å²) in [4.78, 5) is 2.37. The molecule has 0 atom stereocenters. The second-order valence-electron chi connectivity index (χ2n) is 14.5. The lowest BCUT2D eigenvalue weighted by Crippen LogP contribution is -2.14. The van der Waals surface area contributed by atoms with Gasteiger partial charge >= 0.3 is 0 Å². The van der Waals surface area contributed by atoms with Gasteiger partial charge in [0.05, 0.1) is 5.69 Å². The lowest BCUT2D eigenvalue weighted by Gasteiger charge is -2.27. The highest BCUT2D eigenvalue weighted by atomic mass is 15.1. The molecule has 0 spiro atoms. The molecule has 0 bridgehead atoms. The van der Waals surface area contributed by atoms with Crippen LogP contribution >= 0.6 is 0 Å². The van der Waals surface area contributed by atoms with Crippen LogP contribution in [0.25, 0.3) is 65.7 Å². The average Bonchev–Trinajstić information content (AvgIpc) is 3.43. The summed E-state index contributed by atoms with van der Waals surface area (Å²) in [6.07, 6.45) is 0. The summed E-state index contributed by atoms with van der Waals surface area (Å²) in [6.45, 7) is 4.73. The van der Waals surface area contributed by atoms with Gasteiger partial charge in [0.1, 0.15) is 0 Å². The molecule has 0 aromatic heterocycles. The standard InChI is InChI=1S/C51H37N/c1-51(2)46-25-13-12-20-40(46)41-32-29-36(33-47(41)51)50-44-23-10-8-21-42(44)49(43-22-9-11-24-45(43)50)35-27-30-38(31-28-35)52(37-17-4-3-5-18-37)48-26-14-16-34-15-6-7-19-39(34)48/h3-33H,1-2H3. The molecule has 1 aliphatic rings. The first kappa shape index (κ1) is 30.4. The van der Waals surface area contributed by atoms with Gasteiger partial charge in [0, 0.05) is 22.2 Å². The molecule has 1 aliphatic carbocycles. The van der Waals surface area contributed by atoms with Crippen molar-refractivity contribution in [2.45, 2.75) is 19.3 Å². The van der Waals surface area contributed by atoms with Gasteiger partial charge in [0.2, 0.25) is 0 Å². The van der Waals surface area contributed by atoms with Crippen LogP contribution in [0.2, 0.25) is 0 Å². The van der Waals surface area contributed by atoms with Crippen molar-refractivity contribution in [1.82, 2.24) is 0 Å². The van der Waals surface area contributed by atoms with E-state index < -0.39 is 0 Å². The van der Waals surface area contributed by atoms with Crippen LogP contribution in [0, 0.1) is 0 Å². The van der Waals surface area contributed by atoms with E-state index in [1.165, 1.54) is 76.8 Å². The molecule has 0 saturated carbocycles. The minimum atomic E-state index is -0.0606. The Kier molecular flexibility index (Phi) is 6.91. The topological polar surface area (TPSA) is 3.24 Å². The van der Waals surface area contributed by atoms with Gasteiger partial charge in [-0.25, -0.2) is 0 Å². The summed E-state index contributed by atoms with van der Waals surface area (Å²) in [5, 5.41) is 7.53. The maximum atomic E-state index is 2.46. The zero-order valence-corrected chi connectivity index (χ0v) is 29.3. The molecule has 0 unspecified atom stereocenters. The average molecular weight is 664 g/mol. The predicted molar refractivity (Wildman–Crippen MR) is 222 cm³/mol. The molecule has 0 N–H and O–H groups in total. The SMILES string of the molecule is CC1(C)c2ccccc2-c2ccc(-c3c4ccccc4c(-c4ccc(N(c5ccccc5)c5cccc6ccccc56)cc4)c4ccccc34)cc21. The molecule has 0 fully saturated rings. The lowest BCUT2D eigenvalue weighted by molar-refractivity contribution is 0.660. The fraction of sp³-hybridized carbons (Fsp3) is 0.0588. The van der Waals surface area contributed by atoms with E-state index in [1.807, 2.05) is 0 Å². The maximum Gasteiger partial charge on any atom is 0.0540 e. The zero-order valence-electron chi connectivity index (χ0n) is 29.3. The van der Waals surface area contributed by atoms with Crippen LogP contribution in [0.15, 0.2) is 188 Å². The van der Waals surface area contributed by atoms with E-state index in [2.05, 4.69) is 207 Å². The molecule has 0 aliphatic heterocycles. The third-order valence-electron chi connectivity index (χ3n) is 11.2. The monoisotopic (exact) mass is 663 g/mol. The van der Waals surface area contributed by atoms with Crippen LogP contribution in [0.3, 0.4) is 0 Å². The zero-order chi connectivity index (χ0) is 34.8. The van der Waals surface area contributed by atoms with E-state index in [-0.39, 0.29) is 5.41 Å². The van der Waals surface area contributed by atoms with Crippen LogP contribution < -0.4 is 4.90 Å². The molecule has 1 heteroatoms. The summed E-state index contributed by atoms with van der Waals surface area (Å²) in [6, 6.07) is 69.0. The second-order valence-corrected chi connectivity index (χ2v) is 14.5. The Hall–Kier alpha value is -6.44. The molecule has 246 valence electrons. The van der Waals surface area contributed by atoms with Gasteiger partial charge in [0.25, 0.3) is 0 Å². The highest BCUT2D eigenvalue weighted by Gasteiger charge is 2.35. The summed E-state index contributed by atoms with van der Waals surface area (Å²) in [5.41, 5.74) is 13.9. The highest BCUT2D eigenvalue weighted by molar-refractivity contribution is 6.21. The number of hydrogen-bond acceptors (Lipinski definition) is 1. The molecule has 1 nitrogen and oxygen atoms in total. The van der Waals surface area contributed by atoms with E-state index in [4.69, 9.17) is 0 Å². The van der Waals surface area contributed by atoms with Crippen LogP contribution in [0.5, 0.6) is 0 Å². The Bertz CT molecular complexity index is 2750. The number of rotatable bonds is 5. The van der Waals surface area contributed by atoms with E-state index in [9.17, 15) is 0 Å². The molecule has 0 heterocycles. The van der Waals surface area contributed by atoms with Crippen molar-refractivity contribution >= 4 is 49.4 Å². The maximum absolute atomic E-state index is 2.46. The summed E-state index contributed by atoms with van der Waals surface area (Å²) in [5.74, 6) is 0. The third kappa shape index (κ3) is 4.63. The number of fused-ring (bicyclic) bond motifs is 6. The molecule has 10 rings (SSSR count). The molecular formula is C51H37N. The van der Waals surface area contributed by atoms with Gasteiger partial charge in [-0.15, -0.1) is 0 Å². The first-order chi connectivity index (χ1) is 25.6. The smallest absolute Gasteiger partial charge is 0.0540 e. The predicted octanol–water partition coefficient (Wildman–Crippen LogP) is 14.3. The van der Waals surface area contributed by atoms with Gasteiger partial charge in [0.15, 0.2) is 0 Å². The van der Waals surface area contributed by atoms with E-state index in [0.717, 1.165) is 17.1 Å². The normalized spacial score (nSPS) is 13.0. The van der Waals surface area contributed by atoms with Gasteiger partial charge in [-0.3, -0.25) is 0 Å². The first-order valence-corrected chi connectivity index (χ1v) is 18.2. The van der Waals surface area contributed by atoms with Gasteiger partial charge in [-0.1, -0.05) is 166 Å². The van der Waals surface area contributed by atoms with Crippen LogP contribution in [0.4, 0.5) is 17.1 Å². The minimum Gasteiger partial charge on any atom is -0.310 e. The first-order valence-electron chi connectivity index (χ1n) is 18.2. The van der Waals surface area contributed by atoms with Crippen molar-refractivity contribution in [3.63, 3.8) is 0 Å². The molecule has 0 amide bonds. The molecule has 9 aromatic rings. The third-order valence-corrected chi connectivity index (χ3v) is 11.2. The fourth-order valence-electron chi connectivity index (χ4n) is 8.79. The number of nitrogens with zero attached hydrogens (tertiary/aromatic N) is 1. The van der Waals surface area contributed by atoms with Crippen LogP contribution in [-0.4, -0.2) is 0 Å². The molecule has 9 aromatic carbocycles.